The number of fused-ring (bicyclic) bond motifs is 3. The van der Waals surface area contributed by atoms with Crippen LogP contribution in [0.5, 0.6) is 0 Å². The molecule has 0 bridgehead atoms. The predicted octanol–water partition coefficient (Wildman–Crippen LogP) is 1.69. The maximum absolute atomic E-state index is 4.45. The van der Waals surface area contributed by atoms with E-state index in [1.807, 2.05) is 12.3 Å². The fraction of sp³-hybridized carbons (Fsp3) is 0.0714. The zero-order valence-electron chi connectivity index (χ0n) is 8.62. The molecule has 2 aromatic rings. The van der Waals surface area contributed by atoms with Gasteiger partial charge in [-0.1, -0.05) is 30.8 Å². The molecule has 0 spiro atoms. The summed E-state index contributed by atoms with van der Waals surface area (Å²) < 4.78 is 0. The fourth-order valence-electron chi connectivity index (χ4n) is 2.28. The van der Waals surface area contributed by atoms with Crippen LogP contribution in [0.4, 0.5) is 0 Å². The maximum Gasteiger partial charge on any atom is 0.0789 e. The molecule has 0 atom stereocenters. The summed E-state index contributed by atoms with van der Waals surface area (Å²) in [6, 6.07) is 10.4. The summed E-state index contributed by atoms with van der Waals surface area (Å²) in [5, 5.41) is 2.27. The van der Waals surface area contributed by atoms with E-state index in [0.29, 0.717) is 0 Å². The van der Waals surface area contributed by atoms with Gasteiger partial charge < -0.3 is 0 Å². The van der Waals surface area contributed by atoms with Crippen molar-refractivity contribution < 1.29 is 0 Å². The Bertz CT molecular complexity index is 653. The van der Waals surface area contributed by atoms with Crippen molar-refractivity contribution in [3.63, 3.8) is 0 Å². The van der Waals surface area contributed by atoms with Crippen molar-refractivity contribution >= 4 is 12.2 Å². The van der Waals surface area contributed by atoms with Crippen molar-refractivity contribution in [1.29, 1.82) is 0 Å². The molecule has 0 aliphatic heterocycles. The largest absolute Gasteiger partial charge is 0.256 e. The van der Waals surface area contributed by atoms with Crippen molar-refractivity contribution in [2.24, 2.45) is 0 Å². The molecule has 1 heterocycles. The standard InChI is InChI=1S/C14H11N/c1-9-7-8-15-14-12-6-4-3-5-11(12)10(2)13(9)14/h3-8H,1H2,2H3. The molecule has 0 saturated heterocycles. The van der Waals surface area contributed by atoms with E-state index < -0.39 is 0 Å². The summed E-state index contributed by atoms with van der Waals surface area (Å²) in [4.78, 5) is 4.45. The van der Waals surface area contributed by atoms with Crippen molar-refractivity contribution in [2.75, 3.05) is 0 Å². The first-order valence-corrected chi connectivity index (χ1v) is 5.03. The van der Waals surface area contributed by atoms with Gasteiger partial charge in [-0.25, -0.2) is 0 Å². The Labute approximate surface area is 88.4 Å². The van der Waals surface area contributed by atoms with E-state index in [1.165, 1.54) is 21.9 Å². The van der Waals surface area contributed by atoms with E-state index in [-0.39, 0.29) is 0 Å². The van der Waals surface area contributed by atoms with E-state index in [9.17, 15) is 0 Å². The lowest BCUT2D eigenvalue weighted by Crippen LogP contribution is -2.25. The molecule has 1 aliphatic rings. The quantitative estimate of drug-likeness (QED) is 0.620. The third-order valence-corrected chi connectivity index (χ3v) is 3.00. The minimum absolute atomic E-state index is 1.06. The van der Waals surface area contributed by atoms with Gasteiger partial charge in [0.2, 0.25) is 0 Å². The van der Waals surface area contributed by atoms with Gasteiger partial charge in [0.25, 0.3) is 0 Å². The highest BCUT2D eigenvalue weighted by Crippen LogP contribution is 2.28. The SMILES string of the molecule is C=c1ccnc2c1=C(C)c1ccccc1-2. The Balaban J connectivity index is 2.58. The second-order valence-corrected chi connectivity index (χ2v) is 3.86. The van der Waals surface area contributed by atoms with Gasteiger partial charge in [0.15, 0.2) is 0 Å². The molecule has 0 amide bonds. The molecule has 0 fully saturated rings. The van der Waals surface area contributed by atoms with Crippen LogP contribution in [0.25, 0.3) is 23.4 Å². The summed E-state index contributed by atoms with van der Waals surface area (Å²) in [6.07, 6.45) is 1.83. The van der Waals surface area contributed by atoms with Crippen LogP contribution in [-0.4, -0.2) is 4.98 Å². The summed E-state index contributed by atoms with van der Waals surface area (Å²) in [6.45, 7) is 6.20. The van der Waals surface area contributed by atoms with E-state index >= 15 is 0 Å². The second-order valence-electron chi connectivity index (χ2n) is 3.86. The van der Waals surface area contributed by atoms with Gasteiger partial charge in [-0.05, 0) is 29.3 Å². The molecule has 0 unspecified atom stereocenters. The average Bonchev–Trinajstić information content (AvgIpc) is 2.55. The second kappa shape index (κ2) is 2.80. The number of pyridine rings is 1. The molecular formula is C14H11N. The average molecular weight is 193 g/mol. The number of rotatable bonds is 0. The number of nitrogens with zero attached hydrogens (tertiary/aromatic N) is 1. The van der Waals surface area contributed by atoms with E-state index in [0.717, 1.165) is 10.9 Å². The zero-order chi connectivity index (χ0) is 10.4. The van der Waals surface area contributed by atoms with Crippen molar-refractivity contribution in [3.8, 4) is 11.3 Å². The van der Waals surface area contributed by atoms with E-state index in [2.05, 4.69) is 42.8 Å². The van der Waals surface area contributed by atoms with Crippen LogP contribution in [0.15, 0.2) is 36.5 Å². The first-order chi connectivity index (χ1) is 7.29. The van der Waals surface area contributed by atoms with E-state index in [4.69, 9.17) is 0 Å². The highest BCUT2D eigenvalue weighted by Gasteiger charge is 2.17. The topological polar surface area (TPSA) is 12.9 Å². The molecule has 0 N–H and O–H groups in total. The van der Waals surface area contributed by atoms with Crippen LogP contribution >= 0.6 is 0 Å². The number of benzene rings is 1. The Hall–Kier alpha value is -1.89. The van der Waals surface area contributed by atoms with Gasteiger partial charge in [0, 0.05) is 17.0 Å². The third kappa shape index (κ3) is 1.00. The molecule has 15 heavy (non-hydrogen) atoms. The monoisotopic (exact) mass is 193 g/mol. The highest BCUT2D eigenvalue weighted by molar-refractivity contribution is 5.86. The van der Waals surface area contributed by atoms with Gasteiger partial charge in [-0.2, -0.15) is 0 Å². The van der Waals surface area contributed by atoms with Gasteiger partial charge in [-0.15, -0.1) is 0 Å². The smallest absolute Gasteiger partial charge is 0.0789 e. The minimum atomic E-state index is 1.06. The van der Waals surface area contributed by atoms with Crippen molar-refractivity contribution in [1.82, 2.24) is 4.98 Å². The fourth-order valence-corrected chi connectivity index (χ4v) is 2.28. The van der Waals surface area contributed by atoms with E-state index in [1.54, 1.807) is 0 Å². The molecule has 3 rings (SSSR count). The Morgan fingerprint density at radius 2 is 1.80 bits per heavy atom. The van der Waals surface area contributed by atoms with Crippen LogP contribution in [0.1, 0.15) is 12.5 Å². The van der Waals surface area contributed by atoms with Crippen LogP contribution in [0.2, 0.25) is 0 Å². The molecule has 1 nitrogen and oxygen atoms in total. The Kier molecular flexibility index (Phi) is 1.57. The molecular weight excluding hydrogens is 182 g/mol. The zero-order valence-corrected chi connectivity index (χ0v) is 8.62. The first kappa shape index (κ1) is 8.42. The Morgan fingerprint density at radius 1 is 1.07 bits per heavy atom. The molecule has 1 aromatic carbocycles. The summed E-state index contributed by atoms with van der Waals surface area (Å²) >= 11 is 0. The third-order valence-electron chi connectivity index (χ3n) is 3.00. The lowest BCUT2D eigenvalue weighted by Gasteiger charge is -1.99. The van der Waals surface area contributed by atoms with Gasteiger partial charge in [0.05, 0.1) is 5.69 Å². The summed E-state index contributed by atoms with van der Waals surface area (Å²) in [5.41, 5.74) is 4.89. The molecule has 72 valence electrons. The van der Waals surface area contributed by atoms with Crippen molar-refractivity contribution in [2.45, 2.75) is 6.92 Å². The summed E-state index contributed by atoms with van der Waals surface area (Å²) in [5.74, 6) is 0. The van der Waals surface area contributed by atoms with Crippen molar-refractivity contribution in [3.05, 3.63) is 52.5 Å². The number of hydrogen-bond acceptors (Lipinski definition) is 1. The van der Waals surface area contributed by atoms with Crippen LogP contribution < -0.4 is 10.4 Å². The Morgan fingerprint density at radius 3 is 2.60 bits per heavy atom. The number of aromatic nitrogens is 1. The minimum Gasteiger partial charge on any atom is -0.256 e. The van der Waals surface area contributed by atoms with Gasteiger partial charge >= 0.3 is 0 Å². The van der Waals surface area contributed by atoms with Gasteiger partial charge in [0.1, 0.15) is 0 Å². The number of hydrogen-bond donors (Lipinski definition) is 0. The highest BCUT2D eigenvalue weighted by atomic mass is 14.7. The van der Waals surface area contributed by atoms with Crippen LogP contribution in [-0.2, 0) is 0 Å². The lowest BCUT2D eigenvalue weighted by molar-refractivity contribution is 1.29. The molecule has 1 aliphatic carbocycles. The van der Waals surface area contributed by atoms with Crippen LogP contribution in [0, 0.1) is 0 Å². The van der Waals surface area contributed by atoms with Gasteiger partial charge in [-0.3, -0.25) is 4.98 Å². The molecule has 0 radical (unpaired) electrons. The molecule has 0 saturated carbocycles. The normalized spacial score (nSPS) is 12.5. The van der Waals surface area contributed by atoms with Crippen LogP contribution in [0.3, 0.4) is 0 Å². The first-order valence-electron chi connectivity index (χ1n) is 5.03. The summed E-state index contributed by atoms with van der Waals surface area (Å²) in [7, 11) is 0. The maximum atomic E-state index is 4.45. The predicted molar refractivity (Wildman–Crippen MR) is 62.6 cm³/mol. The molecule has 1 heteroatoms. The molecule has 1 aromatic heterocycles. The lowest BCUT2D eigenvalue weighted by atomic mass is 10.1.